The van der Waals surface area contributed by atoms with Crippen molar-refractivity contribution in [3.63, 3.8) is 0 Å². The highest BCUT2D eigenvalue weighted by Gasteiger charge is 2.45. The molecule has 17 heavy (non-hydrogen) atoms. The van der Waals surface area contributed by atoms with Gasteiger partial charge in [0.1, 0.15) is 6.10 Å². The number of nitrogens with one attached hydrogen (secondary N) is 2. The minimum absolute atomic E-state index is 0. The zero-order valence-corrected chi connectivity index (χ0v) is 11.4. The molecule has 2 aliphatic heterocycles. The van der Waals surface area contributed by atoms with E-state index in [1.807, 2.05) is 0 Å². The van der Waals surface area contributed by atoms with Crippen LogP contribution in [0.5, 0.6) is 0 Å². The number of hydrogen-bond acceptors (Lipinski definition) is 3. The van der Waals surface area contributed by atoms with E-state index < -0.39 is 0 Å². The molecule has 2 heterocycles. The molecular weight excluding hydrogens is 240 g/mol. The maximum Gasteiger partial charge on any atom is 0.407 e. The molecule has 1 atom stereocenters. The zero-order valence-electron chi connectivity index (χ0n) is 10.6. The second-order valence-corrected chi connectivity index (χ2v) is 5.49. The van der Waals surface area contributed by atoms with Gasteiger partial charge in [-0.2, -0.15) is 0 Å². The summed E-state index contributed by atoms with van der Waals surface area (Å²) in [6.07, 6.45) is 3.04. The molecule has 0 aromatic carbocycles. The van der Waals surface area contributed by atoms with Gasteiger partial charge in [-0.05, 0) is 38.3 Å². The van der Waals surface area contributed by atoms with Gasteiger partial charge in [0.25, 0.3) is 0 Å². The summed E-state index contributed by atoms with van der Waals surface area (Å²) in [5, 5.41) is 6.23. The number of carbonyl (C=O) groups is 1. The van der Waals surface area contributed by atoms with Crippen LogP contribution in [0.4, 0.5) is 4.79 Å². The second kappa shape index (κ2) is 5.91. The van der Waals surface area contributed by atoms with Crippen LogP contribution in [0.1, 0.15) is 33.1 Å². The zero-order chi connectivity index (χ0) is 11.6. The predicted octanol–water partition coefficient (Wildman–Crippen LogP) is 1.93. The minimum atomic E-state index is -0.241. The van der Waals surface area contributed by atoms with Crippen molar-refractivity contribution in [2.24, 2.45) is 11.3 Å². The highest BCUT2D eigenvalue weighted by molar-refractivity contribution is 5.85. The van der Waals surface area contributed by atoms with Crippen molar-refractivity contribution >= 4 is 18.5 Å². The first kappa shape index (κ1) is 14.6. The fourth-order valence-electron chi connectivity index (χ4n) is 2.81. The topological polar surface area (TPSA) is 50.4 Å². The van der Waals surface area contributed by atoms with E-state index in [-0.39, 0.29) is 30.0 Å². The van der Waals surface area contributed by atoms with Gasteiger partial charge in [0.05, 0.1) is 0 Å². The molecule has 1 spiro atoms. The van der Waals surface area contributed by atoms with E-state index in [4.69, 9.17) is 4.74 Å². The van der Waals surface area contributed by atoms with Gasteiger partial charge in [-0.25, -0.2) is 4.79 Å². The van der Waals surface area contributed by atoms with E-state index >= 15 is 0 Å². The number of rotatable bonds is 2. The highest BCUT2D eigenvalue weighted by atomic mass is 35.5. The van der Waals surface area contributed by atoms with E-state index in [2.05, 4.69) is 24.5 Å². The third kappa shape index (κ3) is 3.26. The molecule has 0 bridgehead atoms. The van der Waals surface area contributed by atoms with E-state index in [1.54, 1.807) is 0 Å². The number of hydrogen-bond donors (Lipinski definition) is 2. The van der Waals surface area contributed by atoms with Gasteiger partial charge in [-0.15, -0.1) is 12.4 Å². The van der Waals surface area contributed by atoms with Crippen molar-refractivity contribution in [1.29, 1.82) is 0 Å². The first-order chi connectivity index (χ1) is 7.62. The number of amides is 1. The molecule has 2 N–H and O–H groups in total. The number of cyclic esters (lactones) is 1. The Hall–Kier alpha value is -0.480. The highest BCUT2D eigenvalue weighted by Crippen LogP contribution is 2.38. The largest absolute Gasteiger partial charge is 0.446 e. The summed E-state index contributed by atoms with van der Waals surface area (Å²) in [5.74, 6) is 0.572. The van der Waals surface area contributed by atoms with Gasteiger partial charge in [-0.3, -0.25) is 0 Å². The van der Waals surface area contributed by atoms with Crippen LogP contribution in [-0.2, 0) is 4.74 Å². The van der Waals surface area contributed by atoms with Crippen LogP contribution in [0.15, 0.2) is 0 Å². The Morgan fingerprint density at radius 1 is 1.41 bits per heavy atom. The molecule has 4 nitrogen and oxygen atoms in total. The third-order valence-corrected chi connectivity index (χ3v) is 3.80. The monoisotopic (exact) mass is 262 g/mol. The standard InChI is InChI=1S/C12H22N2O2.ClH/c1-9(2)7-10-12(3-5-13-6-4-12)8-14-11(15)16-10;/h9-10,13H,3-8H2,1-2H3,(H,14,15);1H. The van der Waals surface area contributed by atoms with Crippen molar-refractivity contribution in [2.45, 2.75) is 39.2 Å². The quantitative estimate of drug-likeness (QED) is 0.800. The summed E-state index contributed by atoms with van der Waals surface area (Å²) in [5.41, 5.74) is 0.170. The molecule has 2 rings (SSSR count). The van der Waals surface area contributed by atoms with E-state index in [9.17, 15) is 4.79 Å². The van der Waals surface area contributed by atoms with Gasteiger partial charge < -0.3 is 15.4 Å². The van der Waals surface area contributed by atoms with Gasteiger partial charge in [0, 0.05) is 12.0 Å². The number of ether oxygens (including phenoxy) is 1. The Bertz CT molecular complexity index is 265. The molecule has 1 amide bonds. The summed E-state index contributed by atoms with van der Waals surface area (Å²) in [7, 11) is 0. The molecule has 2 aliphatic rings. The second-order valence-electron chi connectivity index (χ2n) is 5.49. The number of piperidine rings is 1. The lowest BCUT2D eigenvalue weighted by Crippen LogP contribution is -2.57. The summed E-state index contributed by atoms with van der Waals surface area (Å²) in [6.45, 7) is 7.22. The van der Waals surface area contributed by atoms with E-state index in [0.29, 0.717) is 5.92 Å². The summed E-state index contributed by atoms with van der Waals surface area (Å²) in [4.78, 5) is 11.3. The minimum Gasteiger partial charge on any atom is -0.446 e. The lowest BCUT2D eigenvalue weighted by Gasteiger charge is -2.46. The van der Waals surface area contributed by atoms with E-state index in [0.717, 1.165) is 38.9 Å². The van der Waals surface area contributed by atoms with Crippen LogP contribution in [-0.4, -0.2) is 31.8 Å². The number of carbonyl (C=O) groups excluding carboxylic acids is 1. The Kier molecular flexibility index (Phi) is 5.07. The third-order valence-electron chi connectivity index (χ3n) is 3.80. The molecular formula is C12H23ClN2O2. The SMILES string of the molecule is CC(C)CC1OC(=O)NCC12CCNCC2.Cl. The maximum atomic E-state index is 11.3. The fourth-order valence-corrected chi connectivity index (χ4v) is 2.81. The molecule has 0 aliphatic carbocycles. The summed E-state index contributed by atoms with van der Waals surface area (Å²) >= 11 is 0. The van der Waals surface area contributed by atoms with Gasteiger partial charge >= 0.3 is 6.09 Å². The lowest BCUT2D eigenvalue weighted by molar-refractivity contribution is -0.0481. The summed E-state index contributed by atoms with van der Waals surface area (Å²) in [6, 6.07) is 0. The number of alkyl carbamates (subject to hydrolysis) is 1. The smallest absolute Gasteiger partial charge is 0.407 e. The average molecular weight is 263 g/mol. The van der Waals surface area contributed by atoms with E-state index in [1.165, 1.54) is 0 Å². The van der Waals surface area contributed by atoms with Crippen LogP contribution < -0.4 is 10.6 Å². The molecule has 1 unspecified atom stereocenters. The van der Waals surface area contributed by atoms with Crippen LogP contribution in [0, 0.1) is 11.3 Å². The van der Waals surface area contributed by atoms with Crippen molar-refractivity contribution in [2.75, 3.05) is 19.6 Å². The maximum absolute atomic E-state index is 11.3. The average Bonchev–Trinajstić information content (AvgIpc) is 2.25. The van der Waals surface area contributed by atoms with Crippen molar-refractivity contribution in [1.82, 2.24) is 10.6 Å². The molecule has 0 aromatic heterocycles. The molecule has 0 aromatic rings. The van der Waals surface area contributed by atoms with Gasteiger partial charge in [0.15, 0.2) is 0 Å². The predicted molar refractivity (Wildman–Crippen MR) is 69.5 cm³/mol. The molecule has 2 fully saturated rings. The molecule has 0 radical (unpaired) electrons. The van der Waals surface area contributed by atoms with Crippen LogP contribution in [0.25, 0.3) is 0 Å². The Balaban J connectivity index is 0.00000144. The first-order valence-electron chi connectivity index (χ1n) is 6.28. The van der Waals surface area contributed by atoms with Crippen LogP contribution in [0.2, 0.25) is 0 Å². The first-order valence-corrected chi connectivity index (χ1v) is 6.28. The van der Waals surface area contributed by atoms with Crippen molar-refractivity contribution < 1.29 is 9.53 Å². The van der Waals surface area contributed by atoms with Crippen molar-refractivity contribution in [3.05, 3.63) is 0 Å². The summed E-state index contributed by atoms with van der Waals surface area (Å²) < 4.78 is 5.51. The Morgan fingerprint density at radius 2 is 2.06 bits per heavy atom. The Labute approximate surface area is 109 Å². The normalized spacial score (nSPS) is 27.2. The molecule has 0 saturated carbocycles. The Morgan fingerprint density at radius 3 is 2.65 bits per heavy atom. The molecule has 2 saturated heterocycles. The molecule has 100 valence electrons. The van der Waals surface area contributed by atoms with Gasteiger partial charge in [0.2, 0.25) is 0 Å². The van der Waals surface area contributed by atoms with Crippen molar-refractivity contribution in [3.8, 4) is 0 Å². The lowest BCUT2D eigenvalue weighted by atomic mass is 9.71. The van der Waals surface area contributed by atoms with Gasteiger partial charge in [-0.1, -0.05) is 13.8 Å². The molecule has 5 heteroatoms. The fraction of sp³-hybridized carbons (Fsp3) is 0.917. The number of halogens is 1. The van der Waals surface area contributed by atoms with Crippen LogP contribution >= 0.6 is 12.4 Å². The van der Waals surface area contributed by atoms with Crippen LogP contribution in [0.3, 0.4) is 0 Å².